The van der Waals surface area contributed by atoms with Gasteiger partial charge in [0.25, 0.3) is 0 Å². The number of hydrogen-bond acceptors (Lipinski definition) is 2. The van der Waals surface area contributed by atoms with E-state index in [0.717, 1.165) is 48.2 Å². The molecule has 0 fully saturated rings. The average Bonchev–Trinajstić information content (AvgIpc) is 3.52. The van der Waals surface area contributed by atoms with E-state index >= 15 is 0 Å². The van der Waals surface area contributed by atoms with Gasteiger partial charge in [0.2, 0.25) is 0 Å². The zero-order valence-corrected chi connectivity index (χ0v) is 21.1. The van der Waals surface area contributed by atoms with Crippen LogP contribution in [0.25, 0.3) is 28.2 Å². The summed E-state index contributed by atoms with van der Waals surface area (Å²) in [6.07, 6.45) is 8.17. The zero-order valence-electron chi connectivity index (χ0n) is 21.1. The summed E-state index contributed by atoms with van der Waals surface area (Å²) in [5.41, 5.74) is 16.9. The number of fused-ring (bicyclic) bond motifs is 2. The molecule has 0 radical (unpaired) electrons. The number of aromatic amines is 1. The van der Waals surface area contributed by atoms with Gasteiger partial charge < -0.3 is 16.0 Å². The molecule has 2 unspecified atom stereocenters. The molecule has 4 aromatic rings. The predicted octanol–water partition coefficient (Wildman–Crippen LogP) is 7.32. The number of nitrogens with two attached hydrogens (primary N) is 1. The van der Waals surface area contributed by atoms with Gasteiger partial charge in [-0.3, -0.25) is 0 Å². The lowest BCUT2D eigenvalue weighted by Crippen LogP contribution is -2.31. The van der Waals surface area contributed by atoms with E-state index in [1.807, 2.05) is 0 Å². The van der Waals surface area contributed by atoms with Crippen LogP contribution in [0.5, 0.6) is 0 Å². The van der Waals surface area contributed by atoms with Gasteiger partial charge in [-0.2, -0.15) is 0 Å². The minimum atomic E-state index is 0.188. The molecule has 36 heavy (non-hydrogen) atoms. The molecule has 0 spiro atoms. The Kier molecular flexibility index (Phi) is 6.81. The molecular weight excluding hydrogens is 438 g/mol. The number of para-hydroxylation sites is 1. The molecule has 1 aromatic heterocycles. The van der Waals surface area contributed by atoms with Gasteiger partial charge in [-0.05, 0) is 65.1 Å². The van der Waals surface area contributed by atoms with E-state index in [-0.39, 0.29) is 12.0 Å². The lowest BCUT2D eigenvalue weighted by Gasteiger charge is -2.25. The predicted molar refractivity (Wildman–Crippen MR) is 154 cm³/mol. The Hall–Kier alpha value is -3.98. The van der Waals surface area contributed by atoms with Gasteiger partial charge in [-0.15, -0.1) is 0 Å². The second-order valence-electron chi connectivity index (χ2n) is 9.92. The highest BCUT2D eigenvalue weighted by Crippen LogP contribution is 2.32. The van der Waals surface area contributed by atoms with Crippen LogP contribution in [0, 0.1) is 5.92 Å². The molecule has 0 saturated carbocycles. The lowest BCUT2D eigenvalue weighted by molar-refractivity contribution is 0.439. The summed E-state index contributed by atoms with van der Waals surface area (Å²) in [6.45, 7) is 10.7. The third-order valence-corrected chi connectivity index (χ3v) is 7.48. The van der Waals surface area contributed by atoms with Crippen molar-refractivity contribution >= 4 is 28.2 Å². The van der Waals surface area contributed by atoms with Crippen LogP contribution in [0.4, 0.5) is 0 Å². The molecule has 5 rings (SSSR count). The van der Waals surface area contributed by atoms with Crippen LogP contribution in [0.1, 0.15) is 47.6 Å². The van der Waals surface area contributed by atoms with Crippen LogP contribution in [-0.2, 0) is 12.8 Å². The smallest absolute Gasteiger partial charge is 0.0456 e. The van der Waals surface area contributed by atoms with Gasteiger partial charge in [0, 0.05) is 40.5 Å². The Labute approximate surface area is 214 Å². The summed E-state index contributed by atoms with van der Waals surface area (Å²) >= 11 is 0. The molecule has 3 heteroatoms. The Balaban J connectivity index is 1.23. The molecule has 1 aliphatic rings. The number of H-pyrrole nitrogens is 1. The molecule has 3 nitrogen and oxygen atoms in total. The van der Waals surface area contributed by atoms with Crippen LogP contribution in [-0.4, -0.2) is 11.0 Å². The van der Waals surface area contributed by atoms with Gasteiger partial charge in [0.1, 0.15) is 0 Å². The lowest BCUT2D eigenvalue weighted by atomic mass is 9.89. The maximum atomic E-state index is 6.29. The van der Waals surface area contributed by atoms with Gasteiger partial charge >= 0.3 is 0 Å². The van der Waals surface area contributed by atoms with Crippen molar-refractivity contribution in [3.63, 3.8) is 0 Å². The highest BCUT2D eigenvalue weighted by atomic mass is 14.9. The number of rotatable bonds is 10. The van der Waals surface area contributed by atoms with E-state index in [1.165, 1.54) is 33.2 Å². The monoisotopic (exact) mass is 473 g/mol. The first-order valence-corrected chi connectivity index (χ1v) is 12.9. The van der Waals surface area contributed by atoms with E-state index in [9.17, 15) is 0 Å². The maximum Gasteiger partial charge on any atom is 0.0456 e. The molecule has 1 aliphatic carbocycles. The highest BCUT2D eigenvalue weighted by molar-refractivity contribution is 5.88. The van der Waals surface area contributed by atoms with Crippen molar-refractivity contribution in [2.75, 3.05) is 0 Å². The first kappa shape index (κ1) is 23.7. The summed E-state index contributed by atoms with van der Waals surface area (Å²) in [7, 11) is 0. The SMILES string of the molecule is C=C(NC(CC)CC(Cc1c[nH]c2ccccc12)C(=C)N)c1ccc(C2=Cc3ccccc3C2)cc1. The normalized spacial score (nSPS) is 14.2. The van der Waals surface area contributed by atoms with Crippen molar-refractivity contribution < 1.29 is 0 Å². The van der Waals surface area contributed by atoms with Gasteiger partial charge in [0.05, 0.1) is 0 Å². The van der Waals surface area contributed by atoms with Crippen molar-refractivity contribution in [1.29, 1.82) is 0 Å². The Morgan fingerprint density at radius 1 is 1.00 bits per heavy atom. The number of aromatic nitrogens is 1. The van der Waals surface area contributed by atoms with Crippen LogP contribution in [0.2, 0.25) is 0 Å². The minimum absolute atomic E-state index is 0.188. The van der Waals surface area contributed by atoms with Gasteiger partial charge in [-0.25, -0.2) is 0 Å². The van der Waals surface area contributed by atoms with Crippen molar-refractivity contribution in [1.82, 2.24) is 10.3 Å². The first-order chi connectivity index (χ1) is 17.5. The van der Waals surface area contributed by atoms with E-state index in [4.69, 9.17) is 5.73 Å². The van der Waals surface area contributed by atoms with Gasteiger partial charge in [-0.1, -0.05) is 92.9 Å². The Morgan fingerprint density at radius 3 is 2.50 bits per heavy atom. The zero-order chi connectivity index (χ0) is 25.1. The number of allylic oxidation sites excluding steroid dienone is 2. The maximum absolute atomic E-state index is 6.29. The molecule has 0 amide bonds. The molecule has 1 heterocycles. The summed E-state index contributed by atoms with van der Waals surface area (Å²) in [4.78, 5) is 3.38. The highest BCUT2D eigenvalue weighted by Gasteiger charge is 2.20. The fourth-order valence-electron chi connectivity index (χ4n) is 5.28. The molecule has 182 valence electrons. The van der Waals surface area contributed by atoms with Crippen LogP contribution >= 0.6 is 0 Å². The van der Waals surface area contributed by atoms with Crippen molar-refractivity contribution in [3.05, 3.63) is 126 Å². The van der Waals surface area contributed by atoms with E-state index in [1.54, 1.807) is 0 Å². The van der Waals surface area contributed by atoms with Crippen molar-refractivity contribution in [2.24, 2.45) is 11.7 Å². The van der Waals surface area contributed by atoms with Gasteiger partial charge in [0.15, 0.2) is 0 Å². The average molecular weight is 474 g/mol. The molecule has 4 N–H and O–H groups in total. The third kappa shape index (κ3) is 5.01. The summed E-state index contributed by atoms with van der Waals surface area (Å²) in [6, 6.07) is 26.1. The van der Waals surface area contributed by atoms with Crippen LogP contribution < -0.4 is 11.1 Å². The van der Waals surface area contributed by atoms with E-state index in [2.05, 4.69) is 115 Å². The summed E-state index contributed by atoms with van der Waals surface area (Å²) < 4.78 is 0. The molecule has 2 atom stereocenters. The van der Waals surface area contributed by atoms with E-state index in [0.29, 0.717) is 0 Å². The number of hydrogen-bond donors (Lipinski definition) is 3. The fraction of sp³-hybridized carbons (Fsp3) is 0.212. The summed E-state index contributed by atoms with van der Waals surface area (Å²) in [5.74, 6) is 0.188. The molecule has 0 aliphatic heterocycles. The fourth-order valence-corrected chi connectivity index (χ4v) is 5.28. The molecule has 0 bridgehead atoms. The second kappa shape index (κ2) is 10.3. The largest absolute Gasteiger partial charge is 0.402 e. The standard InChI is InChI=1S/C33H35N3/c1-4-31(20-28(22(2)34)19-30-21-35-33-12-8-7-11-32(30)33)36-23(3)24-13-15-25(16-14-24)29-17-26-9-5-6-10-27(26)18-29/h5-17,21,28,31,35-36H,2-4,18-20,34H2,1H3. The molecule has 3 aromatic carbocycles. The first-order valence-electron chi connectivity index (χ1n) is 12.9. The Morgan fingerprint density at radius 2 is 1.75 bits per heavy atom. The minimum Gasteiger partial charge on any atom is -0.402 e. The van der Waals surface area contributed by atoms with Crippen LogP contribution in [0.3, 0.4) is 0 Å². The molecule has 0 saturated heterocycles. The van der Waals surface area contributed by atoms with Crippen molar-refractivity contribution in [2.45, 2.75) is 38.6 Å². The topological polar surface area (TPSA) is 53.8 Å². The van der Waals surface area contributed by atoms with Crippen molar-refractivity contribution in [3.8, 4) is 0 Å². The van der Waals surface area contributed by atoms with Crippen LogP contribution in [0.15, 0.2) is 97.8 Å². The summed E-state index contributed by atoms with van der Waals surface area (Å²) in [5, 5.41) is 4.93. The second-order valence-corrected chi connectivity index (χ2v) is 9.92. The third-order valence-electron chi connectivity index (χ3n) is 7.48. The quantitative estimate of drug-likeness (QED) is 0.226. The Bertz CT molecular complexity index is 1420. The molecular formula is C33H35N3. The number of nitrogens with one attached hydrogen (secondary N) is 2. The van der Waals surface area contributed by atoms with E-state index < -0.39 is 0 Å². The number of benzene rings is 3.